The Balaban J connectivity index is 1.73. The first kappa shape index (κ1) is 14.0. The second-order valence-corrected chi connectivity index (χ2v) is 6.04. The molecular formula is C15H20ClNO3. The summed E-state index contributed by atoms with van der Waals surface area (Å²) >= 11 is 6.25. The normalized spacial score (nSPS) is 28.6. The molecule has 1 aromatic rings. The van der Waals surface area contributed by atoms with Crippen LogP contribution < -0.4 is 14.8 Å². The van der Waals surface area contributed by atoms with Gasteiger partial charge >= 0.3 is 0 Å². The summed E-state index contributed by atoms with van der Waals surface area (Å²) in [6, 6.07) is 3.93. The van der Waals surface area contributed by atoms with Crippen LogP contribution in [0.4, 0.5) is 0 Å². The first-order valence-corrected chi connectivity index (χ1v) is 7.41. The molecule has 0 bridgehead atoms. The number of ether oxygens (including phenoxy) is 3. The lowest BCUT2D eigenvalue weighted by Crippen LogP contribution is -2.47. The van der Waals surface area contributed by atoms with Gasteiger partial charge in [-0.05, 0) is 38.0 Å². The smallest absolute Gasteiger partial charge is 0.179 e. The summed E-state index contributed by atoms with van der Waals surface area (Å²) in [5.41, 5.74) is 1.11. The molecule has 0 aromatic heterocycles. The minimum atomic E-state index is 0.0136. The molecule has 1 N–H and O–H groups in total. The van der Waals surface area contributed by atoms with Gasteiger partial charge in [0.05, 0.1) is 11.1 Å². The van der Waals surface area contributed by atoms with Crippen LogP contribution in [0.5, 0.6) is 11.5 Å². The van der Waals surface area contributed by atoms with Crippen molar-refractivity contribution in [2.45, 2.75) is 38.5 Å². The van der Waals surface area contributed by atoms with E-state index in [0.29, 0.717) is 24.0 Å². The van der Waals surface area contributed by atoms with Crippen molar-refractivity contribution in [3.8, 4) is 11.5 Å². The zero-order valence-electron chi connectivity index (χ0n) is 11.9. The van der Waals surface area contributed by atoms with Gasteiger partial charge < -0.3 is 19.5 Å². The van der Waals surface area contributed by atoms with Gasteiger partial charge in [0.2, 0.25) is 0 Å². The molecule has 2 atom stereocenters. The number of fused-ring (bicyclic) bond motifs is 1. The van der Waals surface area contributed by atoms with Crippen molar-refractivity contribution in [2.75, 3.05) is 19.8 Å². The molecule has 0 spiro atoms. The number of hydrogen-bond donors (Lipinski definition) is 1. The van der Waals surface area contributed by atoms with E-state index in [4.69, 9.17) is 25.8 Å². The van der Waals surface area contributed by atoms with Gasteiger partial charge in [-0.3, -0.25) is 0 Å². The van der Waals surface area contributed by atoms with Crippen LogP contribution in [0.3, 0.4) is 0 Å². The van der Waals surface area contributed by atoms with Gasteiger partial charge in [0.1, 0.15) is 13.2 Å². The lowest BCUT2D eigenvalue weighted by Gasteiger charge is -2.29. The predicted octanol–water partition coefficient (Wildman–Crippen LogP) is 2.77. The van der Waals surface area contributed by atoms with Gasteiger partial charge in [-0.25, -0.2) is 0 Å². The second kappa shape index (κ2) is 5.43. The molecule has 2 unspecified atom stereocenters. The molecule has 20 heavy (non-hydrogen) atoms. The molecule has 2 aliphatic rings. The standard InChI is InChI=1S/C15H20ClNO3/c1-10-15(2,3-4-18-10)17-9-11-7-12(16)14-13(8-11)19-5-6-20-14/h7-8,10,17H,3-6,9H2,1-2H3. The van der Waals surface area contributed by atoms with Gasteiger partial charge in [0, 0.05) is 18.7 Å². The number of benzene rings is 1. The zero-order chi connectivity index (χ0) is 14.2. The Hall–Kier alpha value is -0.970. The van der Waals surface area contributed by atoms with E-state index in [2.05, 4.69) is 19.2 Å². The van der Waals surface area contributed by atoms with Crippen molar-refractivity contribution in [3.63, 3.8) is 0 Å². The van der Waals surface area contributed by atoms with Crippen LogP contribution in [0, 0.1) is 0 Å². The van der Waals surface area contributed by atoms with E-state index in [1.807, 2.05) is 12.1 Å². The highest BCUT2D eigenvalue weighted by Gasteiger charge is 2.36. The summed E-state index contributed by atoms with van der Waals surface area (Å²) in [4.78, 5) is 0. The van der Waals surface area contributed by atoms with Crippen molar-refractivity contribution in [3.05, 3.63) is 22.7 Å². The highest BCUT2D eigenvalue weighted by atomic mass is 35.5. The zero-order valence-corrected chi connectivity index (χ0v) is 12.6. The third kappa shape index (κ3) is 2.60. The van der Waals surface area contributed by atoms with Crippen LogP contribution in [0.2, 0.25) is 5.02 Å². The summed E-state index contributed by atoms with van der Waals surface area (Å²) < 4.78 is 16.8. The van der Waals surface area contributed by atoms with Crippen molar-refractivity contribution in [1.29, 1.82) is 0 Å². The van der Waals surface area contributed by atoms with Crippen LogP contribution in [0.1, 0.15) is 25.8 Å². The molecule has 1 fully saturated rings. The molecule has 1 aromatic carbocycles. The summed E-state index contributed by atoms with van der Waals surface area (Å²) in [5, 5.41) is 4.19. The highest BCUT2D eigenvalue weighted by Crippen LogP contribution is 2.38. The molecule has 1 saturated heterocycles. The fraction of sp³-hybridized carbons (Fsp3) is 0.600. The molecule has 2 heterocycles. The van der Waals surface area contributed by atoms with Crippen LogP contribution in [-0.2, 0) is 11.3 Å². The molecule has 0 radical (unpaired) electrons. The van der Waals surface area contributed by atoms with E-state index in [-0.39, 0.29) is 11.6 Å². The number of halogens is 1. The summed E-state index contributed by atoms with van der Waals surface area (Å²) in [7, 11) is 0. The maximum atomic E-state index is 6.25. The number of rotatable bonds is 3. The van der Waals surface area contributed by atoms with Crippen LogP contribution in [0.15, 0.2) is 12.1 Å². The topological polar surface area (TPSA) is 39.7 Å². The first-order valence-electron chi connectivity index (χ1n) is 7.03. The second-order valence-electron chi connectivity index (χ2n) is 5.64. The Morgan fingerprint density at radius 2 is 2.10 bits per heavy atom. The highest BCUT2D eigenvalue weighted by molar-refractivity contribution is 6.32. The molecule has 2 aliphatic heterocycles. The van der Waals surface area contributed by atoms with E-state index < -0.39 is 0 Å². The van der Waals surface area contributed by atoms with Gasteiger partial charge in [0.25, 0.3) is 0 Å². The lowest BCUT2D eigenvalue weighted by atomic mass is 9.94. The summed E-state index contributed by atoms with van der Waals surface area (Å²) in [6.07, 6.45) is 1.24. The number of nitrogens with one attached hydrogen (secondary N) is 1. The fourth-order valence-electron chi connectivity index (χ4n) is 2.64. The van der Waals surface area contributed by atoms with Crippen molar-refractivity contribution < 1.29 is 14.2 Å². The van der Waals surface area contributed by atoms with Crippen molar-refractivity contribution in [2.24, 2.45) is 0 Å². The molecule has 4 nitrogen and oxygen atoms in total. The third-order valence-corrected chi connectivity index (χ3v) is 4.52. The minimum Gasteiger partial charge on any atom is -0.486 e. The Labute approximate surface area is 124 Å². The average molecular weight is 298 g/mol. The van der Waals surface area contributed by atoms with E-state index in [1.54, 1.807) is 0 Å². The molecule has 3 rings (SSSR count). The first-order chi connectivity index (χ1) is 9.58. The van der Waals surface area contributed by atoms with E-state index in [0.717, 1.165) is 30.9 Å². The fourth-order valence-corrected chi connectivity index (χ4v) is 2.93. The van der Waals surface area contributed by atoms with E-state index in [1.165, 1.54) is 0 Å². The maximum absolute atomic E-state index is 6.25. The van der Waals surface area contributed by atoms with Gasteiger partial charge in [-0.15, -0.1) is 0 Å². The summed E-state index contributed by atoms with van der Waals surface area (Å²) in [6.45, 7) is 6.98. The van der Waals surface area contributed by atoms with Crippen molar-refractivity contribution in [1.82, 2.24) is 5.32 Å². The third-order valence-electron chi connectivity index (χ3n) is 4.24. The Morgan fingerprint density at radius 3 is 2.85 bits per heavy atom. The van der Waals surface area contributed by atoms with Crippen LogP contribution >= 0.6 is 11.6 Å². The summed E-state index contributed by atoms with van der Waals surface area (Å²) in [5.74, 6) is 1.40. The van der Waals surface area contributed by atoms with Crippen LogP contribution in [0.25, 0.3) is 0 Å². The molecule has 0 aliphatic carbocycles. The maximum Gasteiger partial charge on any atom is 0.179 e. The Bertz CT molecular complexity index is 508. The number of hydrogen-bond acceptors (Lipinski definition) is 4. The van der Waals surface area contributed by atoms with E-state index >= 15 is 0 Å². The lowest BCUT2D eigenvalue weighted by molar-refractivity contribution is 0.0881. The molecule has 0 saturated carbocycles. The molecule has 110 valence electrons. The molecule has 0 amide bonds. The Kier molecular flexibility index (Phi) is 3.80. The monoisotopic (exact) mass is 297 g/mol. The van der Waals surface area contributed by atoms with Crippen molar-refractivity contribution >= 4 is 11.6 Å². The predicted molar refractivity (Wildman–Crippen MR) is 77.7 cm³/mol. The SMILES string of the molecule is CC1OCCC1(C)NCc1cc(Cl)c2c(c1)OCCO2. The van der Waals surface area contributed by atoms with E-state index in [9.17, 15) is 0 Å². The van der Waals surface area contributed by atoms with Gasteiger partial charge in [-0.2, -0.15) is 0 Å². The van der Waals surface area contributed by atoms with Gasteiger partial charge in [0.15, 0.2) is 11.5 Å². The Morgan fingerprint density at radius 1 is 1.30 bits per heavy atom. The molecule has 5 heteroatoms. The largest absolute Gasteiger partial charge is 0.486 e. The minimum absolute atomic E-state index is 0.0136. The quantitative estimate of drug-likeness (QED) is 0.931. The average Bonchev–Trinajstić information content (AvgIpc) is 2.77. The van der Waals surface area contributed by atoms with Crippen LogP contribution in [-0.4, -0.2) is 31.5 Å². The van der Waals surface area contributed by atoms with Gasteiger partial charge in [-0.1, -0.05) is 11.6 Å². The molecular weight excluding hydrogens is 278 g/mol.